The van der Waals surface area contributed by atoms with Crippen LogP contribution >= 0.6 is 0 Å². The summed E-state index contributed by atoms with van der Waals surface area (Å²) in [5.41, 5.74) is 5.79. The second kappa shape index (κ2) is 9.72. The lowest BCUT2D eigenvalue weighted by Crippen LogP contribution is -2.26. The maximum absolute atomic E-state index is 12.3. The largest absolute Gasteiger partial charge is 0.497 e. The summed E-state index contributed by atoms with van der Waals surface area (Å²) in [6, 6.07) is 28.7. The zero-order chi connectivity index (χ0) is 23.3. The molecule has 0 unspecified atom stereocenters. The minimum atomic E-state index is -0.414. The molecule has 1 aliphatic rings. The lowest BCUT2D eigenvalue weighted by Gasteiger charge is -2.14. The van der Waals surface area contributed by atoms with Crippen LogP contribution in [-0.2, 0) is 4.74 Å². The predicted molar refractivity (Wildman–Crippen MR) is 135 cm³/mol. The van der Waals surface area contributed by atoms with Crippen LogP contribution in [-0.4, -0.2) is 26.4 Å². The van der Waals surface area contributed by atoms with Gasteiger partial charge in [0.1, 0.15) is 12.4 Å². The minimum absolute atomic E-state index is 0.0609. The number of hydrogen-bond donors (Lipinski definition) is 1. The van der Waals surface area contributed by atoms with Gasteiger partial charge in [0.05, 0.1) is 7.11 Å². The number of amides is 1. The summed E-state index contributed by atoms with van der Waals surface area (Å²) in [5, 5.41) is 5.03. The van der Waals surface area contributed by atoms with Crippen molar-refractivity contribution in [3.8, 4) is 28.7 Å². The number of ether oxygens (including phenoxy) is 2. The van der Waals surface area contributed by atoms with Crippen molar-refractivity contribution in [2.24, 2.45) is 0 Å². The summed E-state index contributed by atoms with van der Waals surface area (Å²) in [4.78, 5) is 12.3. The molecule has 0 saturated carbocycles. The zero-order valence-electron chi connectivity index (χ0n) is 19.0. The first-order chi connectivity index (χ1) is 16.7. The second-order valence-electron chi connectivity index (χ2n) is 8.23. The van der Waals surface area contributed by atoms with Crippen molar-refractivity contribution in [1.29, 1.82) is 0 Å². The minimum Gasteiger partial charge on any atom is -0.497 e. The highest BCUT2D eigenvalue weighted by molar-refractivity contribution is 5.85. The first-order valence-electron chi connectivity index (χ1n) is 11.4. The van der Waals surface area contributed by atoms with E-state index in [0.29, 0.717) is 19.6 Å². The molecular weight excluding hydrogens is 422 g/mol. The van der Waals surface area contributed by atoms with Gasteiger partial charge in [-0.15, -0.1) is 0 Å². The summed E-state index contributed by atoms with van der Waals surface area (Å²) in [5.74, 6) is 7.19. The molecule has 4 aromatic rings. The van der Waals surface area contributed by atoms with E-state index in [4.69, 9.17) is 9.47 Å². The average Bonchev–Trinajstić information content (AvgIpc) is 3.20. The molecule has 0 saturated heterocycles. The number of hydrogen-bond acceptors (Lipinski definition) is 3. The summed E-state index contributed by atoms with van der Waals surface area (Å²) >= 11 is 0. The molecule has 1 amide bonds. The van der Waals surface area contributed by atoms with Crippen molar-refractivity contribution in [1.82, 2.24) is 5.32 Å². The first-order valence-corrected chi connectivity index (χ1v) is 11.4. The van der Waals surface area contributed by atoms with Crippen molar-refractivity contribution in [3.05, 3.63) is 102 Å². The third kappa shape index (κ3) is 4.46. The van der Waals surface area contributed by atoms with Gasteiger partial charge in [0, 0.05) is 24.4 Å². The van der Waals surface area contributed by atoms with Crippen LogP contribution in [0.2, 0.25) is 0 Å². The van der Waals surface area contributed by atoms with Crippen molar-refractivity contribution >= 4 is 16.9 Å². The molecule has 1 aliphatic carbocycles. The smallest absolute Gasteiger partial charge is 0.407 e. The van der Waals surface area contributed by atoms with Gasteiger partial charge in [-0.1, -0.05) is 72.5 Å². The number of benzene rings is 4. The van der Waals surface area contributed by atoms with E-state index in [1.165, 1.54) is 22.3 Å². The number of nitrogens with one attached hydrogen (secondary N) is 1. The fourth-order valence-corrected chi connectivity index (χ4v) is 4.47. The van der Waals surface area contributed by atoms with Crippen LogP contribution in [0.1, 0.15) is 29.0 Å². The van der Waals surface area contributed by atoms with Crippen molar-refractivity contribution in [3.63, 3.8) is 0 Å². The summed E-state index contributed by atoms with van der Waals surface area (Å²) in [6.45, 7) is 0.752. The summed E-state index contributed by atoms with van der Waals surface area (Å²) in [6.07, 6.45) is 0.133. The molecule has 0 heterocycles. The molecule has 4 heteroatoms. The number of carbonyl (C=O) groups is 1. The molecule has 4 aromatic carbocycles. The molecule has 0 radical (unpaired) electrons. The van der Waals surface area contributed by atoms with E-state index >= 15 is 0 Å². The van der Waals surface area contributed by atoms with Gasteiger partial charge < -0.3 is 14.8 Å². The van der Waals surface area contributed by atoms with Crippen molar-refractivity contribution < 1.29 is 14.3 Å². The molecule has 0 fully saturated rings. The normalized spacial score (nSPS) is 11.8. The van der Waals surface area contributed by atoms with Crippen LogP contribution in [0.15, 0.2) is 84.9 Å². The molecule has 0 atom stereocenters. The Morgan fingerprint density at radius 1 is 0.882 bits per heavy atom. The van der Waals surface area contributed by atoms with Crippen LogP contribution in [0, 0.1) is 11.8 Å². The van der Waals surface area contributed by atoms with Gasteiger partial charge >= 0.3 is 6.09 Å². The number of alkyl carbamates (subject to hydrolysis) is 1. The molecule has 0 bridgehead atoms. The van der Waals surface area contributed by atoms with Crippen LogP contribution in [0.4, 0.5) is 4.79 Å². The standard InChI is InChI=1S/C30H25NO3/c1-33-24-16-15-22-18-21(13-14-23(22)19-24)8-6-7-17-31-30(32)34-20-29-27-11-4-2-9-25(27)26-10-3-5-12-28(26)29/h2-5,9-16,18-19,29H,7,17,20H2,1H3,(H,31,32). The highest BCUT2D eigenvalue weighted by Crippen LogP contribution is 2.44. The Morgan fingerprint density at radius 2 is 1.56 bits per heavy atom. The van der Waals surface area contributed by atoms with E-state index in [-0.39, 0.29) is 5.92 Å². The zero-order valence-corrected chi connectivity index (χ0v) is 19.0. The van der Waals surface area contributed by atoms with Crippen LogP contribution in [0.3, 0.4) is 0 Å². The molecule has 4 nitrogen and oxygen atoms in total. The molecule has 5 rings (SSSR count). The van der Waals surface area contributed by atoms with Gasteiger partial charge in [0.2, 0.25) is 0 Å². The lowest BCUT2D eigenvalue weighted by molar-refractivity contribution is 0.143. The van der Waals surface area contributed by atoms with E-state index in [1.807, 2.05) is 54.6 Å². The van der Waals surface area contributed by atoms with Crippen LogP contribution in [0.5, 0.6) is 5.75 Å². The molecule has 0 aliphatic heterocycles. The van der Waals surface area contributed by atoms with E-state index in [2.05, 4.69) is 47.5 Å². The highest BCUT2D eigenvalue weighted by atomic mass is 16.5. The Kier molecular flexibility index (Phi) is 6.18. The number of fused-ring (bicyclic) bond motifs is 4. The van der Waals surface area contributed by atoms with Gasteiger partial charge in [0.25, 0.3) is 0 Å². The van der Waals surface area contributed by atoms with Crippen molar-refractivity contribution in [2.75, 3.05) is 20.3 Å². The van der Waals surface area contributed by atoms with Crippen LogP contribution in [0.25, 0.3) is 21.9 Å². The highest BCUT2D eigenvalue weighted by Gasteiger charge is 2.28. The van der Waals surface area contributed by atoms with Gasteiger partial charge in [-0.3, -0.25) is 0 Å². The molecule has 0 spiro atoms. The maximum Gasteiger partial charge on any atom is 0.407 e. The monoisotopic (exact) mass is 447 g/mol. The molecule has 0 aromatic heterocycles. The lowest BCUT2D eigenvalue weighted by atomic mass is 9.98. The summed E-state index contributed by atoms with van der Waals surface area (Å²) in [7, 11) is 1.66. The van der Waals surface area contributed by atoms with Gasteiger partial charge in [0.15, 0.2) is 0 Å². The number of methoxy groups -OCH3 is 1. The quantitative estimate of drug-likeness (QED) is 0.296. The Balaban J connectivity index is 1.13. The third-order valence-electron chi connectivity index (χ3n) is 6.14. The number of carbonyl (C=O) groups excluding carboxylic acids is 1. The SMILES string of the molecule is COc1ccc2cc(C#CCCNC(=O)OCC3c4ccccc4-c4ccccc43)ccc2c1. The fraction of sp³-hybridized carbons (Fsp3) is 0.167. The summed E-state index contributed by atoms with van der Waals surface area (Å²) < 4.78 is 10.8. The Labute approximate surface area is 199 Å². The van der Waals surface area contributed by atoms with Gasteiger partial charge in [-0.25, -0.2) is 4.79 Å². The molecular formula is C30H25NO3. The Bertz CT molecular complexity index is 1370. The molecule has 34 heavy (non-hydrogen) atoms. The van der Waals surface area contributed by atoms with Crippen molar-refractivity contribution in [2.45, 2.75) is 12.3 Å². The maximum atomic E-state index is 12.3. The fourth-order valence-electron chi connectivity index (χ4n) is 4.47. The van der Waals surface area contributed by atoms with E-state index < -0.39 is 6.09 Å². The Hall–Kier alpha value is -4.23. The topological polar surface area (TPSA) is 47.6 Å². The first kappa shape index (κ1) is 21.6. The molecule has 168 valence electrons. The average molecular weight is 448 g/mol. The van der Waals surface area contributed by atoms with Crippen LogP contribution < -0.4 is 10.1 Å². The second-order valence-corrected chi connectivity index (χ2v) is 8.23. The molecule has 1 N–H and O–H groups in total. The Morgan fingerprint density at radius 3 is 2.29 bits per heavy atom. The van der Waals surface area contributed by atoms with E-state index in [1.54, 1.807) is 7.11 Å². The van der Waals surface area contributed by atoms with E-state index in [9.17, 15) is 4.79 Å². The number of rotatable bonds is 5. The van der Waals surface area contributed by atoms with Gasteiger partial charge in [-0.05, 0) is 57.3 Å². The van der Waals surface area contributed by atoms with E-state index in [0.717, 1.165) is 22.1 Å². The third-order valence-corrected chi connectivity index (χ3v) is 6.14. The predicted octanol–water partition coefficient (Wildman–Crippen LogP) is 6.13. The van der Waals surface area contributed by atoms with Gasteiger partial charge in [-0.2, -0.15) is 0 Å².